The molecule has 8 heteroatoms. The number of aryl methyl sites for hydroxylation is 1. The first-order valence-electron chi connectivity index (χ1n) is 8.24. The van der Waals surface area contributed by atoms with Crippen molar-refractivity contribution in [2.75, 3.05) is 24.8 Å². The van der Waals surface area contributed by atoms with Crippen LogP contribution in [0.2, 0.25) is 0 Å². The van der Waals surface area contributed by atoms with Crippen molar-refractivity contribution in [3.63, 3.8) is 0 Å². The molecule has 0 aliphatic rings. The molecular formula is C19H20FN5OS. The molecule has 27 heavy (non-hydrogen) atoms. The Morgan fingerprint density at radius 3 is 2.67 bits per heavy atom. The maximum Gasteiger partial charge on any atom is 0.229 e. The number of nitrogens with zero attached hydrogens (tertiary/aromatic N) is 2. The number of anilines is 4. The largest absolute Gasteiger partial charge is 0.495 e. The SMILES string of the molecule is CNSc1ccccc1Nc1nc(Nc2cc(C)ccc2OC)ncc1F. The molecule has 3 N–H and O–H groups in total. The van der Waals surface area contributed by atoms with Gasteiger partial charge in [-0.2, -0.15) is 4.98 Å². The van der Waals surface area contributed by atoms with Crippen molar-refractivity contribution in [2.24, 2.45) is 0 Å². The lowest BCUT2D eigenvalue weighted by atomic mass is 10.2. The van der Waals surface area contributed by atoms with Crippen LogP contribution in [0.15, 0.2) is 53.6 Å². The topological polar surface area (TPSA) is 71.1 Å². The summed E-state index contributed by atoms with van der Waals surface area (Å²) in [6.07, 6.45) is 1.13. The first kappa shape index (κ1) is 18.9. The Hall–Kier alpha value is -2.84. The fraction of sp³-hybridized carbons (Fsp3) is 0.158. The molecule has 0 aliphatic carbocycles. The molecule has 1 heterocycles. The standard InChI is InChI=1S/C19H20FN5OS/c1-12-8-9-16(26-3)15(10-12)24-19-22-11-13(20)18(25-19)23-14-6-4-5-7-17(14)27-21-2/h4-11,21H,1-3H3,(H2,22,23,24,25). The highest BCUT2D eigenvalue weighted by molar-refractivity contribution is 7.97. The van der Waals surface area contributed by atoms with Gasteiger partial charge >= 0.3 is 0 Å². The highest BCUT2D eigenvalue weighted by Gasteiger charge is 2.12. The number of methoxy groups -OCH3 is 1. The van der Waals surface area contributed by atoms with E-state index >= 15 is 0 Å². The quantitative estimate of drug-likeness (QED) is 0.512. The Kier molecular flexibility index (Phi) is 6.10. The lowest BCUT2D eigenvalue weighted by Crippen LogP contribution is -2.05. The molecule has 140 valence electrons. The van der Waals surface area contributed by atoms with E-state index in [1.165, 1.54) is 11.9 Å². The molecule has 0 unspecified atom stereocenters. The number of nitrogens with one attached hydrogen (secondary N) is 3. The van der Waals surface area contributed by atoms with Crippen LogP contribution in [0.4, 0.5) is 27.5 Å². The molecule has 0 saturated carbocycles. The van der Waals surface area contributed by atoms with Gasteiger partial charge in [0.05, 0.1) is 24.7 Å². The van der Waals surface area contributed by atoms with Crippen LogP contribution in [0.5, 0.6) is 5.75 Å². The van der Waals surface area contributed by atoms with E-state index in [9.17, 15) is 4.39 Å². The maximum absolute atomic E-state index is 14.3. The summed E-state index contributed by atoms with van der Waals surface area (Å²) in [6.45, 7) is 1.97. The third-order valence-corrected chi connectivity index (χ3v) is 4.48. The minimum absolute atomic E-state index is 0.0864. The third-order valence-electron chi connectivity index (χ3n) is 3.70. The monoisotopic (exact) mass is 385 g/mol. The van der Waals surface area contributed by atoms with Gasteiger partial charge in [0, 0.05) is 4.90 Å². The summed E-state index contributed by atoms with van der Waals surface area (Å²) >= 11 is 1.43. The van der Waals surface area contributed by atoms with Crippen LogP contribution in [0.3, 0.4) is 0 Å². The summed E-state index contributed by atoms with van der Waals surface area (Å²) in [5.41, 5.74) is 2.51. The second-order valence-corrected chi connectivity index (χ2v) is 6.70. The zero-order valence-corrected chi connectivity index (χ0v) is 16.0. The van der Waals surface area contributed by atoms with E-state index in [0.29, 0.717) is 11.4 Å². The van der Waals surface area contributed by atoms with Crippen molar-refractivity contribution in [2.45, 2.75) is 11.8 Å². The number of hydrogen-bond acceptors (Lipinski definition) is 7. The molecule has 3 aromatic rings. The van der Waals surface area contributed by atoms with Gasteiger partial charge in [0.1, 0.15) is 5.75 Å². The van der Waals surface area contributed by atoms with Crippen molar-refractivity contribution in [1.29, 1.82) is 0 Å². The zero-order chi connectivity index (χ0) is 19.2. The van der Waals surface area contributed by atoms with Crippen LogP contribution in [0.25, 0.3) is 0 Å². The van der Waals surface area contributed by atoms with Crippen molar-refractivity contribution in [1.82, 2.24) is 14.7 Å². The number of para-hydroxylation sites is 1. The predicted octanol–water partition coefficient (Wildman–Crippen LogP) is 4.65. The Morgan fingerprint density at radius 2 is 1.89 bits per heavy atom. The van der Waals surface area contributed by atoms with Gasteiger partial charge in [-0.1, -0.05) is 18.2 Å². The number of benzene rings is 2. The Bertz CT molecular complexity index is 938. The molecule has 0 aliphatic heterocycles. The first-order valence-corrected chi connectivity index (χ1v) is 9.06. The first-order chi connectivity index (χ1) is 13.1. The molecule has 1 aromatic heterocycles. The van der Waals surface area contributed by atoms with Gasteiger partial charge in [-0.25, -0.2) is 9.37 Å². The molecule has 0 saturated heterocycles. The Labute approximate surface area is 161 Å². The molecule has 0 spiro atoms. The van der Waals surface area contributed by atoms with Crippen molar-refractivity contribution < 1.29 is 9.13 Å². The smallest absolute Gasteiger partial charge is 0.229 e. The van der Waals surface area contributed by atoms with Gasteiger partial charge < -0.3 is 15.4 Å². The van der Waals surface area contributed by atoms with Crippen molar-refractivity contribution in [3.05, 3.63) is 60.0 Å². The van der Waals surface area contributed by atoms with E-state index in [0.717, 1.165) is 22.3 Å². The molecule has 6 nitrogen and oxygen atoms in total. The normalized spacial score (nSPS) is 10.5. The molecular weight excluding hydrogens is 365 g/mol. The lowest BCUT2D eigenvalue weighted by Gasteiger charge is -2.13. The summed E-state index contributed by atoms with van der Waals surface area (Å²) in [7, 11) is 3.41. The highest BCUT2D eigenvalue weighted by Crippen LogP contribution is 2.30. The highest BCUT2D eigenvalue weighted by atomic mass is 32.2. The lowest BCUT2D eigenvalue weighted by molar-refractivity contribution is 0.416. The summed E-state index contributed by atoms with van der Waals surface area (Å²) < 4.78 is 22.6. The number of halogens is 1. The van der Waals surface area contributed by atoms with Gasteiger partial charge in [-0.3, -0.25) is 4.72 Å². The van der Waals surface area contributed by atoms with E-state index in [1.807, 2.05) is 56.4 Å². The third kappa shape index (κ3) is 4.66. The zero-order valence-electron chi connectivity index (χ0n) is 15.2. The second-order valence-electron chi connectivity index (χ2n) is 5.65. The minimum atomic E-state index is -0.541. The van der Waals surface area contributed by atoms with Gasteiger partial charge in [0.25, 0.3) is 0 Å². The molecule has 0 radical (unpaired) electrons. The van der Waals surface area contributed by atoms with Crippen LogP contribution < -0.4 is 20.1 Å². The van der Waals surface area contributed by atoms with Gasteiger partial charge in [0.2, 0.25) is 5.95 Å². The summed E-state index contributed by atoms with van der Waals surface area (Å²) in [6, 6.07) is 13.3. The van der Waals surface area contributed by atoms with Crippen LogP contribution in [0.1, 0.15) is 5.56 Å². The van der Waals surface area contributed by atoms with Gasteiger partial charge in [-0.05, 0) is 55.7 Å². The van der Waals surface area contributed by atoms with Crippen LogP contribution in [0, 0.1) is 12.7 Å². The average Bonchev–Trinajstić information content (AvgIpc) is 2.66. The maximum atomic E-state index is 14.3. The minimum Gasteiger partial charge on any atom is -0.495 e. The van der Waals surface area contributed by atoms with Gasteiger partial charge in [0.15, 0.2) is 11.6 Å². The van der Waals surface area contributed by atoms with Crippen molar-refractivity contribution in [3.8, 4) is 5.75 Å². The molecule has 0 amide bonds. The molecule has 2 aromatic carbocycles. The summed E-state index contributed by atoms with van der Waals surface area (Å²) in [5, 5.41) is 6.12. The van der Waals surface area contributed by atoms with Gasteiger partial charge in [-0.15, -0.1) is 0 Å². The Morgan fingerprint density at radius 1 is 1.07 bits per heavy atom. The van der Waals surface area contributed by atoms with E-state index in [4.69, 9.17) is 4.74 Å². The number of hydrogen-bond donors (Lipinski definition) is 3. The predicted molar refractivity (Wildman–Crippen MR) is 108 cm³/mol. The average molecular weight is 385 g/mol. The molecule has 3 rings (SSSR count). The second kappa shape index (κ2) is 8.70. The van der Waals surface area contributed by atoms with Crippen LogP contribution in [-0.4, -0.2) is 24.1 Å². The number of aromatic nitrogens is 2. The van der Waals surface area contributed by atoms with E-state index < -0.39 is 5.82 Å². The van der Waals surface area contributed by atoms with Crippen LogP contribution >= 0.6 is 11.9 Å². The summed E-state index contributed by atoms with van der Waals surface area (Å²) in [4.78, 5) is 9.23. The fourth-order valence-electron chi connectivity index (χ4n) is 2.45. The number of ether oxygens (including phenoxy) is 1. The Balaban J connectivity index is 1.88. The van der Waals surface area contributed by atoms with Crippen LogP contribution in [-0.2, 0) is 0 Å². The molecule has 0 fully saturated rings. The summed E-state index contributed by atoms with van der Waals surface area (Å²) in [5.74, 6) is 0.463. The van der Waals surface area contributed by atoms with E-state index in [2.05, 4.69) is 25.3 Å². The van der Waals surface area contributed by atoms with Crippen molar-refractivity contribution >= 4 is 35.1 Å². The fourth-order valence-corrected chi connectivity index (χ4v) is 3.05. The van der Waals surface area contributed by atoms with E-state index in [1.54, 1.807) is 7.11 Å². The van der Waals surface area contributed by atoms with E-state index in [-0.39, 0.29) is 11.8 Å². The molecule has 0 atom stereocenters. The number of rotatable bonds is 7. The molecule has 0 bridgehead atoms.